The number of hydrogen-bond donors (Lipinski definition) is 1. The minimum atomic E-state index is -0.318. The highest BCUT2D eigenvalue weighted by Crippen LogP contribution is 1.87. The number of aliphatic hydroxyl groups is 1. The van der Waals surface area contributed by atoms with Crippen molar-refractivity contribution in [2.45, 2.75) is 20.0 Å². The Labute approximate surface area is 56.2 Å². The van der Waals surface area contributed by atoms with E-state index in [1.807, 2.05) is 6.92 Å². The molecule has 1 unspecified atom stereocenters. The fourth-order valence-corrected chi connectivity index (χ4v) is 0.645. The van der Waals surface area contributed by atoms with Crippen molar-refractivity contribution in [2.24, 2.45) is 0 Å². The predicted molar refractivity (Wildman–Crippen MR) is 35.9 cm³/mol. The van der Waals surface area contributed by atoms with Gasteiger partial charge in [0.2, 0.25) is 0 Å². The van der Waals surface area contributed by atoms with E-state index in [-0.39, 0.29) is 6.10 Å². The minimum Gasteiger partial charge on any atom is -0.392 e. The molecule has 1 atom stereocenters. The van der Waals surface area contributed by atoms with Gasteiger partial charge in [0.1, 0.15) is 0 Å². The summed E-state index contributed by atoms with van der Waals surface area (Å²) >= 11 is 0. The third-order valence-electron chi connectivity index (χ3n) is 0.871. The van der Waals surface area contributed by atoms with E-state index in [0.717, 1.165) is 0 Å². The summed E-state index contributed by atoms with van der Waals surface area (Å²) in [5.74, 6) is 0. The highest BCUT2D eigenvalue weighted by molar-refractivity contribution is 4.45. The molecular formula is C6H15NO2. The molecule has 0 bridgehead atoms. The second-order valence-electron chi connectivity index (χ2n) is 2.08. The van der Waals surface area contributed by atoms with Gasteiger partial charge in [0, 0.05) is 13.6 Å². The summed E-state index contributed by atoms with van der Waals surface area (Å²) in [6, 6.07) is 0. The molecule has 0 fully saturated rings. The molecule has 0 aliphatic carbocycles. The van der Waals surface area contributed by atoms with Crippen LogP contribution in [0.2, 0.25) is 0 Å². The van der Waals surface area contributed by atoms with Crippen molar-refractivity contribution in [1.82, 2.24) is 5.06 Å². The van der Waals surface area contributed by atoms with Crippen LogP contribution in [-0.2, 0) is 4.84 Å². The molecule has 56 valence electrons. The third-order valence-corrected chi connectivity index (χ3v) is 0.871. The molecule has 3 heteroatoms. The van der Waals surface area contributed by atoms with Gasteiger partial charge in [-0.2, -0.15) is 5.06 Å². The van der Waals surface area contributed by atoms with Crippen molar-refractivity contribution in [3.05, 3.63) is 0 Å². The van der Waals surface area contributed by atoms with Crippen LogP contribution in [0.4, 0.5) is 0 Å². The molecule has 0 aromatic rings. The molecule has 1 N–H and O–H groups in total. The molecule has 3 nitrogen and oxygen atoms in total. The molecule has 0 saturated heterocycles. The maximum Gasteiger partial charge on any atom is 0.0662 e. The van der Waals surface area contributed by atoms with Crippen molar-refractivity contribution < 1.29 is 9.94 Å². The molecule has 0 aromatic carbocycles. The van der Waals surface area contributed by atoms with Crippen molar-refractivity contribution >= 4 is 0 Å². The standard InChI is InChI=1S/C6H15NO2/c1-4-9-7(3)5-6(2)8/h6,8H,4-5H2,1-3H3. The van der Waals surface area contributed by atoms with Gasteiger partial charge in [0.15, 0.2) is 0 Å². The van der Waals surface area contributed by atoms with Crippen LogP contribution in [0.15, 0.2) is 0 Å². The van der Waals surface area contributed by atoms with Crippen molar-refractivity contribution in [3.8, 4) is 0 Å². The number of aliphatic hydroxyl groups excluding tert-OH is 1. The van der Waals surface area contributed by atoms with E-state index in [0.29, 0.717) is 13.2 Å². The smallest absolute Gasteiger partial charge is 0.0662 e. The Hall–Kier alpha value is -0.120. The first-order valence-corrected chi connectivity index (χ1v) is 3.19. The van der Waals surface area contributed by atoms with Gasteiger partial charge in [0.25, 0.3) is 0 Å². The summed E-state index contributed by atoms with van der Waals surface area (Å²) in [5.41, 5.74) is 0. The Kier molecular flexibility index (Phi) is 4.67. The molecule has 0 aliphatic rings. The summed E-state index contributed by atoms with van der Waals surface area (Å²) in [7, 11) is 1.80. The molecule has 0 saturated carbocycles. The van der Waals surface area contributed by atoms with Gasteiger partial charge in [-0.3, -0.25) is 4.84 Å². The first-order chi connectivity index (χ1) is 4.16. The average Bonchev–Trinajstić information content (AvgIpc) is 1.63. The molecule has 0 rings (SSSR count). The summed E-state index contributed by atoms with van der Waals surface area (Å²) in [5, 5.41) is 10.5. The van der Waals surface area contributed by atoms with Gasteiger partial charge in [-0.1, -0.05) is 0 Å². The second-order valence-corrected chi connectivity index (χ2v) is 2.08. The Morgan fingerprint density at radius 1 is 1.67 bits per heavy atom. The fraction of sp³-hybridized carbons (Fsp3) is 1.00. The predicted octanol–water partition coefficient (Wildman–Crippen LogP) is 0.251. The zero-order chi connectivity index (χ0) is 7.28. The topological polar surface area (TPSA) is 32.7 Å². The van der Waals surface area contributed by atoms with Crippen LogP contribution in [0.25, 0.3) is 0 Å². The van der Waals surface area contributed by atoms with Gasteiger partial charge in [-0.25, -0.2) is 0 Å². The number of hydroxylamine groups is 2. The summed E-state index contributed by atoms with van der Waals surface area (Å²) in [6.45, 7) is 4.87. The number of rotatable bonds is 4. The SMILES string of the molecule is CCON(C)CC(C)O. The molecular weight excluding hydrogens is 118 g/mol. The van der Waals surface area contributed by atoms with E-state index >= 15 is 0 Å². The molecule has 0 heterocycles. The Balaban J connectivity index is 3.15. The van der Waals surface area contributed by atoms with Crippen molar-refractivity contribution in [1.29, 1.82) is 0 Å². The number of nitrogens with zero attached hydrogens (tertiary/aromatic N) is 1. The van der Waals surface area contributed by atoms with E-state index in [2.05, 4.69) is 0 Å². The van der Waals surface area contributed by atoms with E-state index in [1.165, 1.54) is 0 Å². The van der Waals surface area contributed by atoms with E-state index in [9.17, 15) is 0 Å². The third kappa shape index (κ3) is 5.76. The molecule has 0 aromatic heterocycles. The van der Waals surface area contributed by atoms with Crippen LogP contribution in [-0.4, -0.2) is 36.5 Å². The maximum absolute atomic E-state index is 8.83. The van der Waals surface area contributed by atoms with Crippen LogP contribution in [0.5, 0.6) is 0 Å². The molecule has 0 spiro atoms. The van der Waals surface area contributed by atoms with Crippen LogP contribution in [0, 0.1) is 0 Å². The second kappa shape index (κ2) is 4.73. The Morgan fingerprint density at radius 2 is 2.22 bits per heavy atom. The van der Waals surface area contributed by atoms with Crippen LogP contribution in [0.1, 0.15) is 13.8 Å². The summed E-state index contributed by atoms with van der Waals surface area (Å²) < 4.78 is 0. The lowest BCUT2D eigenvalue weighted by Gasteiger charge is -2.16. The highest BCUT2D eigenvalue weighted by atomic mass is 16.7. The number of likely N-dealkylation sites (N-methyl/N-ethyl adjacent to an activating group) is 1. The molecule has 0 radical (unpaired) electrons. The van der Waals surface area contributed by atoms with Crippen molar-refractivity contribution in [2.75, 3.05) is 20.2 Å². The lowest BCUT2D eigenvalue weighted by Crippen LogP contribution is -2.27. The highest BCUT2D eigenvalue weighted by Gasteiger charge is 2.00. The fourth-order valence-electron chi connectivity index (χ4n) is 0.645. The molecule has 0 aliphatic heterocycles. The monoisotopic (exact) mass is 133 g/mol. The molecule has 0 amide bonds. The summed E-state index contributed by atoms with van der Waals surface area (Å²) in [4.78, 5) is 5.03. The Bertz CT molecular complexity index is 66.1. The quantitative estimate of drug-likeness (QED) is 0.558. The number of hydrogen-bond acceptors (Lipinski definition) is 3. The lowest BCUT2D eigenvalue weighted by atomic mass is 10.4. The van der Waals surface area contributed by atoms with Gasteiger partial charge in [-0.15, -0.1) is 0 Å². The summed E-state index contributed by atoms with van der Waals surface area (Å²) in [6.07, 6.45) is -0.318. The normalized spacial score (nSPS) is 14.3. The zero-order valence-corrected chi connectivity index (χ0v) is 6.29. The van der Waals surface area contributed by atoms with Gasteiger partial charge in [-0.05, 0) is 13.8 Å². The van der Waals surface area contributed by atoms with Crippen LogP contribution in [0.3, 0.4) is 0 Å². The van der Waals surface area contributed by atoms with Crippen molar-refractivity contribution in [3.63, 3.8) is 0 Å². The zero-order valence-electron chi connectivity index (χ0n) is 6.29. The minimum absolute atomic E-state index is 0.318. The first-order valence-electron chi connectivity index (χ1n) is 3.19. The molecule has 9 heavy (non-hydrogen) atoms. The maximum atomic E-state index is 8.83. The van der Waals surface area contributed by atoms with Gasteiger partial charge in [0.05, 0.1) is 12.7 Å². The first kappa shape index (κ1) is 8.88. The van der Waals surface area contributed by atoms with Gasteiger partial charge >= 0.3 is 0 Å². The Morgan fingerprint density at radius 3 is 2.56 bits per heavy atom. The van der Waals surface area contributed by atoms with Crippen LogP contribution >= 0.6 is 0 Å². The largest absolute Gasteiger partial charge is 0.392 e. The average molecular weight is 133 g/mol. The van der Waals surface area contributed by atoms with Crippen LogP contribution < -0.4 is 0 Å². The van der Waals surface area contributed by atoms with Gasteiger partial charge < -0.3 is 5.11 Å². The van der Waals surface area contributed by atoms with E-state index < -0.39 is 0 Å². The van der Waals surface area contributed by atoms with E-state index in [1.54, 1.807) is 19.0 Å². The lowest BCUT2D eigenvalue weighted by molar-refractivity contribution is -0.148. The van der Waals surface area contributed by atoms with E-state index in [4.69, 9.17) is 9.94 Å².